The first kappa shape index (κ1) is 23.8. The van der Waals surface area contributed by atoms with E-state index in [1.165, 1.54) is 7.11 Å². The van der Waals surface area contributed by atoms with E-state index in [1.54, 1.807) is 48.5 Å². The number of urea groups is 1. The summed E-state index contributed by atoms with van der Waals surface area (Å²) in [5, 5.41) is 5.56. The van der Waals surface area contributed by atoms with Crippen molar-refractivity contribution in [2.24, 2.45) is 0 Å². The maximum Gasteiger partial charge on any atom is 0.337 e. The number of hydrogen-bond acceptors (Lipinski definition) is 5. The second-order valence-electron chi connectivity index (χ2n) is 8.84. The van der Waals surface area contributed by atoms with E-state index in [-0.39, 0.29) is 0 Å². The van der Waals surface area contributed by atoms with Crippen LogP contribution in [0.15, 0.2) is 72.8 Å². The normalized spacial score (nSPS) is 17.6. The van der Waals surface area contributed by atoms with Crippen LogP contribution in [0.25, 0.3) is 0 Å². The van der Waals surface area contributed by atoms with Crippen molar-refractivity contribution in [3.63, 3.8) is 0 Å². The van der Waals surface area contributed by atoms with Crippen molar-refractivity contribution in [2.75, 3.05) is 19.0 Å². The molecule has 1 saturated heterocycles. The molecule has 0 aromatic heterocycles. The minimum absolute atomic E-state index is 0.398. The van der Waals surface area contributed by atoms with Crippen LogP contribution >= 0.6 is 0 Å². The molecule has 0 radical (unpaired) electrons. The maximum atomic E-state index is 13.3. The number of anilines is 1. The Balaban J connectivity index is 1.27. The lowest BCUT2D eigenvalue weighted by molar-refractivity contribution is -0.134. The molecule has 1 aliphatic carbocycles. The number of nitrogens with one attached hydrogen (secondary N) is 2. The van der Waals surface area contributed by atoms with Gasteiger partial charge < -0.3 is 15.4 Å². The molecule has 3 aromatic carbocycles. The number of benzene rings is 3. The molecule has 1 spiro atoms. The number of fused-ring (bicyclic) bond motifs is 2. The lowest BCUT2D eigenvalue weighted by atomic mass is 9.92. The number of aryl methyl sites for hydroxylation is 1. The number of rotatable bonds is 4. The van der Waals surface area contributed by atoms with Crippen LogP contribution in [-0.2, 0) is 26.3 Å². The fraction of sp³-hybridized carbons (Fsp3) is 0.172. The van der Waals surface area contributed by atoms with Gasteiger partial charge in [-0.2, -0.15) is 0 Å². The van der Waals surface area contributed by atoms with Crippen LogP contribution in [0, 0.1) is 11.8 Å². The fourth-order valence-corrected chi connectivity index (χ4v) is 4.74. The van der Waals surface area contributed by atoms with E-state index in [0.29, 0.717) is 35.2 Å². The van der Waals surface area contributed by atoms with Gasteiger partial charge in [0.2, 0.25) is 5.91 Å². The van der Waals surface area contributed by atoms with Crippen LogP contribution < -0.4 is 10.6 Å². The average Bonchev–Trinajstić information content (AvgIpc) is 3.40. The Kier molecular flexibility index (Phi) is 6.20. The number of imide groups is 1. The predicted molar refractivity (Wildman–Crippen MR) is 136 cm³/mol. The molecule has 1 aliphatic heterocycles. The summed E-state index contributed by atoms with van der Waals surface area (Å²) >= 11 is 0. The fourth-order valence-electron chi connectivity index (χ4n) is 4.74. The quantitative estimate of drug-likeness (QED) is 0.330. The highest BCUT2D eigenvalue weighted by molar-refractivity contribution is 6.11. The standard InChI is InChI=1S/C29H23N3O5/c1-37-26(34)22-9-4-6-19(16-22)12-13-20-7-5-10-23(17-20)30-25(33)18-32-27(35)29(31-28(32)36)15-14-21-8-2-3-11-24(21)29/h2-11,16-17H,14-15,18H2,1H3,(H,30,33)(H,31,36). The summed E-state index contributed by atoms with van der Waals surface area (Å²) in [6, 6.07) is 20.7. The Labute approximate surface area is 213 Å². The monoisotopic (exact) mass is 493 g/mol. The largest absolute Gasteiger partial charge is 0.465 e. The lowest BCUT2D eigenvalue weighted by Gasteiger charge is -2.22. The summed E-state index contributed by atoms with van der Waals surface area (Å²) in [4.78, 5) is 51.4. The number of esters is 1. The van der Waals surface area contributed by atoms with Crippen LogP contribution in [-0.4, -0.2) is 42.4 Å². The van der Waals surface area contributed by atoms with E-state index in [1.807, 2.05) is 24.3 Å². The zero-order valence-electron chi connectivity index (χ0n) is 20.0. The summed E-state index contributed by atoms with van der Waals surface area (Å²) in [7, 11) is 1.32. The molecule has 37 heavy (non-hydrogen) atoms. The maximum absolute atomic E-state index is 13.3. The smallest absolute Gasteiger partial charge is 0.337 e. The molecule has 2 N–H and O–H groups in total. The number of carbonyl (C=O) groups is 4. The molecule has 3 aromatic rings. The molecule has 2 aliphatic rings. The number of methoxy groups -OCH3 is 1. The summed E-state index contributed by atoms with van der Waals surface area (Å²) < 4.78 is 4.73. The Bertz CT molecular complexity index is 1500. The van der Waals surface area contributed by atoms with E-state index >= 15 is 0 Å². The molecule has 4 amide bonds. The first-order valence-electron chi connectivity index (χ1n) is 11.7. The Morgan fingerprint density at radius 2 is 1.73 bits per heavy atom. The third-order valence-electron chi connectivity index (χ3n) is 6.51. The second-order valence-corrected chi connectivity index (χ2v) is 8.84. The predicted octanol–water partition coefficient (Wildman–Crippen LogP) is 3.21. The SMILES string of the molecule is COC(=O)c1cccc(C#Cc2cccc(NC(=O)CN3C(=O)NC4(CCc5ccccc54)C3=O)c2)c1. The average molecular weight is 494 g/mol. The summed E-state index contributed by atoms with van der Waals surface area (Å²) in [5.74, 6) is 4.65. The van der Waals surface area contributed by atoms with Crippen LogP contribution in [0.5, 0.6) is 0 Å². The van der Waals surface area contributed by atoms with Gasteiger partial charge in [0.05, 0.1) is 12.7 Å². The Hall–Kier alpha value is -4.90. The summed E-state index contributed by atoms with van der Waals surface area (Å²) in [5.41, 5.74) is 2.87. The lowest BCUT2D eigenvalue weighted by Crippen LogP contribution is -2.43. The molecule has 184 valence electrons. The van der Waals surface area contributed by atoms with Crippen molar-refractivity contribution in [2.45, 2.75) is 18.4 Å². The van der Waals surface area contributed by atoms with E-state index in [9.17, 15) is 19.2 Å². The van der Waals surface area contributed by atoms with E-state index < -0.39 is 35.9 Å². The first-order valence-corrected chi connectivity index (χ1v) is 11.7. The number of amides is 4. The van der Waals surface area contributed by atoms with Crippen molar-refractivity contribution in [1.29, 1.82) is 0 Å². The third kappa shape index (κ3) is 4.55. The van der Waals surface area contributed by atoms with E-state index in [0.717, 1.165) is 16.0 Å². The summed E-state index contributed by atoms with van der Waals surface area (Å²) in [6.07, 6.45) is 1.15. The van der Waals surface area contributed by atoms with Crippen LogP contribution in [0.2, 0.25) is 0 Å². The molecule has 1 unspecified atom stereocenters. The van der Waals surface area contributed by atoms with Crippen molar-refractivity contribution >= 4 is 29.5 Å². The molecule has 8 heteroatoms. The van der Waals surface area contributed by atoms with Crippen molar-refractivity contribution in [3.8, 4) is 11.8 Å². The van der Waals surface area contributed by atoms with Gasteiger partial charge >= 0.3 is 12.0 Å². The van der Waals surface area contributed by atoms with Crippen molar-refractivity contribution < 1.29 is 23.9 Å². The van der Waals surface area contributed by atoms with Crippen LogP contribution in [0.3, 0.4) is 0 Å². The van der Waals surface area contributed by atoms with Gasteiger partial charge in [-0.25, -0.2) is 9.59 Å². The molecular weight excluding hydrogens is 470 g/mol. The van der Waals surface area contributed by atoms with Gasteiger partial charge in [-0.05, 0) is 60.4 Å². The molecule has 8 nitrogen and oxygen atoms in total. The molecular formula is C29H23N3O5. The van der Waals surface area contributed by atoms with Gasteiger partial charge in [0.1, 0.15) is 12.1 Å². The van der Waals surface area contributed by atoms with Gasteiger partial charge in [-0.3, -0.25) is 14.5 Å². The third-order valence-corrected chi connectivity index (χ3v) is 6.51. The Morgan fingerprint density at radius 1 is 1.00 bits per heavy atom. The van der Waals surface area contributed by atoms with E-state index in [4.69, 9.17) is 4.74 Å². The highest BCUT2D eigenvalue weighted by Crippen LogP contribution is 2.41. The zero-order valence-corrected chi connectivity index (χ0v) is 20.0. The number of ether oxygens (including phenoxy) is 1. The second kappa shape index (κ2) is 9.63. The Morgan fingerprint density at radius 3 is 2.51 bits per heavy atom. The molecule has 1 fully saturated rings. The van der Waals surface area contributed by atoms with E-state index in [2.05, 4.69) is 22.5 Å². The number of carbonyl (C=O) groups excluding carboxylic acids is 4. The van der Waals surface area contributed by atoms with Crippen molar-refractivity contribution in [3.05, 3.63) is 101 Å². The van der Waals surface area contributed by atoms with Crippen molar-refractivity contribution in [1.82, 2.24) is 10.2 Å². The van der Waals surface area contributed by atoms with Gasteiger partial charge in [-0.1, -0.05) is 48.2 Å². The highest BCUT2D eigenvalue weighted by Gasteiger charge is 2.55. The van der Waals surface area contributed by atoms with Gasteiger partial charge in [0, 0.05) is 16.8 Å². The summed E-state index contributed by atoms with van der Waals surface area (Å²) in [6.45, 7) is -0.398. The molecule has 0 bridgehead atoms. The van der Waals surface area contributed by atoms with Crippen LogP contribution in [0.4, 0.5) is 10.5 Å². The first-order chi connectivity index (χ1) is 17.9. The molecule has 1 atom stereocenters. The number of hydrogen-bond donors (Lipinski definition) is 2. The minimum atomic E-state index is -1.10. The van der Waals surface area contributed by atoms with Gasteiger partial charge in [-0.15, -0.1) is 0 Å². The van der Waals surface area contributed by atoms with Gasteiger partial charge in [0.15, 0.2) is 0 Å². The highest BCUT2D eigenvalue weighted by atomic mass is 16.5. The molecule has 0 saturated carbocycles. The molecule has 5 rings (SSSR count). The number of nitrogens with zero attached hydrogens (tertiary/aromatic N) is 1. The van der Waals surface area contributed by atoms with Gasteiger partial charge in [0.25, 0.3) is 5.91 Å². The minimum Gasteiger partial charge on any atom is -0.465 e. The van der Waals surface area contributed by atoms with Crippen LogP contribution in [0.1, 0.15) is 39.0 Å². The molecule has 1 heterocycles. The topological polar surface area (TPSA) is 105 Å². The zero-order chi connectivity index (χ0) is 26.0.